The van der Waals surface area contributed by atoms with Gasteiger partial charge in [-0.1, -0.05) is 72.8 Å². The number of halogens is 2. The molecule has 0 saturated heterocycles. The predicted octanol–water partition coefficient (Wildman–Crippen LogP) is 17.4. The van der Waals surface area contributed by atoms with Gasteiger partial charge in [0.25, 0.3) is 0 Å². The molecule has 0 bridgehead atoms. The van der Waals surface area contributed by atoms with E-state index in [-0.39, 0.29) is 29.0 Å². The predicted molar refractivity (Wildman–Crippen MR) is 299 cm³/mol. The average molecular weight is 1060 g/mol. The van der Waals surface area contributed by atoms with Crippen LogP contribution in [-0.4, -0.2) is 5.92 Å². The Labute approximate surface area is 419 Å². The van der Waals surface area contributed by atoms with Crippen molar-refractivity contribution in [2.24, 2.45) is 0 Å². The standard InChI is InChI=1S/2C30H26S.C2H7Si.2ClH.Zr/c2*1-23-19-27-13-8-14-29(30(27)20-23)26-15-17-28(18-16-26)31(21-24-9-4-2-5-10-24)22-25-11-6-3-7-12-25;1-3-2;;;/h2*2-20H,21-22H2,1H3;3H,1-2H3;2*1H;/q2*+1;;;;+2/p-2. The van der Waals surface area contributed by atoms with Gasteiger partial charge in [0.05, 0.1) is 0 Å². The summed E-state index contributed by atoms with van der Waals surface area (Å²) in [6.07, 6.45) is 4.87. The Hall–Kier alpha value is -4.38. The van der Waals surface area contributed by atoms with Crippen molar-refractivity contribution in [2.75, 3.05) is 0 Å². The van der Waals surface area contributed by atoms with Crippen LogP contribution in [-0.2, 0) is 60.4 Å². The van der Waals surface area contributed by atoms with E-state index in [1.165, 1.54) is 87.7 Å². The molecule has 339 valence electrons. The normalized spacial score (nSPS) is 16.0. The molecule has 2 atom stereocenters. The van der Waals surface area contributed by atoms with E-state index >= 15 is 0 Å². The minimum atomic E-state index is -4.89. The summed E-state index contributed by atoms with van der Waals surface area (Å²) in [5, 5.41) is 0. The summed E-state index contributed by atoms with van der Waals surface area (Å²) in [6.45, 7) is 9.50. The van der Waals surface area contributed by atoms with E-state index in [4.69, 9.17) is 17.0 Å². The van der Waals surface area contributed by atoms with E-state index in [1.54, 1.807) is 0 Å². The van der Waals surface area contributed by atoms with Crippen LogP contribution in [0.25, 0.3) is 34.4 Å². The second-order valence-corrected chi connectivity index (χ2v) is 65.8. The van der Waals surface area contributed by atoms with Crippen molar-refractivity contribution in [3.63, 3.8) is 0 Å². The van der Waals surface area contributed by atoms with E-state index in [1.807, 2.05) is 0 Å². The third-order valence-electron chi connectivity index (χ3n) is 14.5. The summed E-state index contributed by atoms with van der Waals surface area (Å²) >= 11 is -4.89. The van der Waals surface area contributed by atoms with Crippen LogP contribution < -0.4 is 0 Å². The molecule has 0 aliphatic heterocycles. The molecule has 0 aromatic heterocycles. The second kappa shape index (κ2) is 20.2. The number of rotatable bonds is 15. The van der Waals surface area contributed by atoms with E-state index in [0.717, 1.165) is 23.0 Å². The van der Waals surface area contributed by atoms with Crippen LogP contribution in [0.4, 0.5) is 0 Å². The fourth-order valence-corrected chi connectivity index (χ4v) is 48.3. The van der Waals surface area contributed by atoms with Crippen LogP contribution in [0.15, 0.2) is 227 Å². The quantitative estimate of drug-likeness (QED) is 0.0709. The van der Waals surface area contributed by atoms with Gasteiger partial charge in [0.1, 0.15) is 0 Å². The van der Waals surface area contributed by atoms with Gasteiger partial charge in [-0.15, -0.1) is 0 Å². The Morgan fingerprint density at radius 3 is 1.00 bits per heavy atom. The first kappa shape index (κ1) is 47.3. The fourth-order valence-electron chi connectivity index (χ4n) is 11.1. The summed E-state index contributed by atoms with van der Waals surface area (Å²) in [7, 11) is 17.5. The molecule has 0 heterocycles. The SMILES string of the molecule is CC1=Cc2c(-c3ccc([S+](Cc4ccccc4)Cc4ccccc4)cc3)cccc2[CH]1[Zr]([Cl])([Cl])([CH]1C(C)=Cc2c(-c3ccc([S+](Cc4ccccc4)Cc4ccccc4)cc3)cccc21)[SiH](C)C. The van der Waals surface area contributed by atoms with E-state index < -0.39 is 21.5 Å². The van der Waals surface area contributed by atoms with Gasteiger partial charge in [0.2, 0.25) is 0 Å². The van der Waals surface area contributed by atoms with Crippen LogP contribution in [0.1, 0.15) is 65.6 Å². The molecule has 6 heteroatoms. The molecular formula is C62H59Cl2S2SiZr+2. The molecule has 0 radical (unpaired) electrons. The molecule has 0 N–H and O–H groups in total. The maximum absolute atomic E-state index is 8.72. The van der Waals surface area contributed by atoms with Gasteiger partial charge in [-0.3, -0.25) is 0 Å². The first-order valence-electron chi connectivity index (χ1n) is 24.0. The number of hydrogen-bond acceptors (Lipinski definition) is 0. The number of hydrogen-bond donors (Lipinski definition) is 0. The van der Waals surface area contributed by atoms with Crippen LogP contribution in [0.2, 0.25) is 13.1 Å². The molecule has 2 aliphatic rings. The van der Waals surface area contributed by atoms with Gasteiger partial charge in [0.15, 0.2) is 0 Å². The zero-order valence-corrected chi connectivity index (χ0v) is 46.2. The van der Waals surface area contributed by atoms with Gasteiger partial charge in [-0.05, 0) is 0 Å². The molecule has 0 spiro atoms. The molecule has 68 heavy (non-hydrogen) atoms. The topological polar surface area (TPSA) is 0 Å². The van der Waals surface area contributed by atoms with E-state index in [2.05, 4.69) is 245 Å². The monoisotopic (exact) mass is 1060 g/mol. The van der Waals surface area contributed by atoms with Gasteiger partial charge >= 0.3 is 351 Å². The van der Waals surface area contributed by atoms with Crippen molar-refractivity contribution >= 4 is 56.9 Å². The third kappa shape index (κ3) is 9.35. The average Bonchev–Trinajstić information content (AvgIpc) is 3.91. The van der Waals surface area contributed by atoms with Crippen molar-refractivity contribution < 1.29 is 15.6 Å². The summed E-state index contributed by atoms with van der Waals surface area (Å²) in [4.78, 5) is 2.79. The first-order valence-corrected chi connectivity index (χ1v) is 43.4. The number of allylic oxidation sites excluding steroid dienone is 2. The van der Waals surface area contributed by atoms with Crippen molar-refractivity contribution in [1.29, 1.82) is 0 Å². The van der Waals surface area contributed by atoms with E-state index in [0.29, 0.717) is 0 Å². The minimum absolute atomic E-state index is 0.0184. The molecule has 0 saturated carbocycles. The van der Waals surface area contributed by atoms with Gasteiger partial charge in [-0.25, -0.2) is 0 Å². The first-order chi connectivity index (χ1) is 33.0. The zero-order valence-electron chi connectivity index (χ0n) is 39.4. The van der Waals surface area contributed by atoms with Crippen molar-refractivity contribution in [3.8, 4) is 22.3 Å². The zero-order chi connectivity index (χ0) is 46.9. The molecular weight excluding hydrogens is 999 g/mol. The van der Waals surface area contributed by atoms with Crippen molar-refractivity contribution in [3.05, 3.63) is 262 Å². The molecule has 0 amide bonds. The van der Waals surface area contributed by atoms with Crippen LogP contribution in [0.5, 0.6) is 0 Å². The Morgan fingerprint density at radius 1 is 0.397 bits per heavy atom. The van der Waals surface area contributed by atoms with Gasteiger partial charge < -0.3 is 0 Å². The van der Waals surface area contributed by atoms with Gasteiger partial charge in [-0.2, -0.15) is 0 Å². The molecule has 8 aromatic rings. The molecule has 2 unspecified atom stereocenters. The summed E-state index contributed by atoms with van der Waals surface area (Å²) in [5.41, 5.74) is 18.4. The second-order valence-electron chi connectivity index (χ2n) is 19.2. The van der Waals surface area contributed by atoms with Crippen molar-refractivity contribution in [2.45, 2.75) is 67.0 Å². The molecule has 0 fully saturated rings. The fraction of sp³-hybridized carbons (Fsp3) is 0.161. The third-order valence-corrected chi connectivity index (χ3v) is 71.4. The Balaban J connectivity index is 0.962. The summed E-state index contributed by atoms with van der Waals surface area (Å²) < 4.78 is 0.0790. The number of fused-ring (bicyclic) bond motifs is 2. The van der Waals surface area contributed by atoms with E-state index in [9.17, 15) is 0 Å². The van der Waals surface area contributed by atoms with Crippen molar-refractivity contribution in [1.82, 2.24) is 0 Å². The summed E-state index contributed by atoms with van der Waals surface area (Å²) in [6, 6.07) is 76.5. The molecule has 8 aromatic carbocycles. The Kier molecular flexibility index (Phi) is 14.0. The molecule has 10 rings (SSSR count). The number of benzene rings is 8. The van der Waals surface area contributed by atoms with Crippen LogP contribution in [0, 0.1) is 0 Å². The summed E-state index contributed by atoms with van der Waals surface area (Å²) in [5.74, 6) is 2.41. The van der Waals surface area contributed by atoms with Crippen LogP contribution >= 0.6 is 17.0 Å². The Morgan fingerprint density at radius 2 is 0.706 bits per heavy atom. The molecule has 0 nitrogen and oxygen atoms in total. The van der Waals surface area contributed by atoms with Gasteiger partial charge in [0, 0.05) is 0 Å². The maximum atomic E-state index is 8.72. The van der Waals surface area contributed by atoms with Crippen LogP contribution in [0.3, 0.4) is 0 Å². The molecule has 2 aliphatic carbocycles. The Bertz CT molecular complexity index is 2810.